The van der Waals surface area contributed by atoms with E-state index in [-0.39, 0.29) is 28.7 Å². The summed E-state index contributed by atoms with van der Waals surface area (Å²) in [5.41, 5.74) is 1.21. The van der Waals surface area contributed by atoms with Crippen LogP contribution in [-0.4, -0.2) is 17.7 Å². The number of nitrogens with zero attached hydrogens (tertiary/aromatic N) is 1. The highest BCUT2D eigenvalue weighted by Crippen LogP contribution is 2.35. The SMILES string of the molecule is CCOc1cc(C(=O)OCc2ccccc2C#N)cc(Cl)c1O. The van der Waals surface area contributed by atoms with E-state index in [9.17, 15) is 9.90 Å². The molecule has 1 N–H and O–H groups in total. The number of hydrogen-bond acceptors (Lipinski definition) is 5. The quantitative estimate of drug-likeness (QED) is 0.845. The predicted molar refractivity (Wildman–Crippen MR) is 84.6 cm³/mol. The number of phenolic OH excluding ortho intramolecular Hbond substituents is 1. The standard InChI is InChI=1S/C17H14ClNO4/c1-2-22-15-8-13(7-14(18)16(15)20)17(21)23-10-12-6-4-3-5-11(12)9-19/h3-8,20H,2,10H2,1H3. The number of carbonyl (C=O) groups excluding carboxylic acids is 1. The molecular formula is C17H14ClNO4. The highest BCUT2D eigenvalue weighted by atomic mass is 35.5. The molecule has 0 aromatic heterocycles. The number of halogens is 1. The summed E-state index contributed by atoms with van der Waals surface area (Å²) in [6, 6.07) is 11.6. The molecule has 0 saturated heterocycles. The van der Waals surface area contributed by atoms with Crippen molar-refractivity contribution in [1.82, 2.24) is 0 Å². The molecule has 0 radical (unpaired) electrons. The second kappa shape index (κ2) is 7.52. The van der Waals surface area contributed by atoms with E-state index in [1.807, 2.05) is 6.07 Å². The fourth-order valence-electron chi connectivity index (χ4n) is 1.94. The molecule has 0 amide bonds. The van der Waals surface area contributed by atoms with Crippen LogP contribution < -0.4 is 4.74 Å². The topological polar surface area (TPSA) is 79.5 Å². The van der Waals surface area contributed by atoms with Gasteiger partial charge in [0.15, 0.2) is 11.5 Å². The lowest BCUT2D eigenvalue weighted by Gasteiger charge is -2.10. The first-order valence-electron chi connectivity index (χ1n) is 6.87. The fourth-order valence-corrected chi connectivity index (χ4v) is 2.15. The maximum atomic E-state index is 12.1. The first kappa shape index (κ1) is 16.7. The molecule has 0 aliphatic rings. The van der Waals surface area contributed by atoms with E-state index in [0.717, 1.165) is 0 Å². The second-order valence-corrected chi connectivity index (χ2v) is 4.99. The van der Waals surface area contributed by atoms with Crippen molar-refractivity contribution < 1.29 is 19.4 Å². The van der Waals surface area contributed by atoms with Crippen molar-refractivity contribution in [2.45, 2.75) is 13.5 Å². The van der Waals surface area contributed by atoms with Gasteiger partial charge in [0.1, 0.15) is 6.61 Å². The van der Waals surface area contributed by atoms with Crippen LogP contribution in [0.3, 0.4) is 0 Å². The van der Waals surface area contributed by atoms with Gasteiger partial charge in [0.25, 0.3) is 0 Å². The summed E-state index contributed by atoms with van der Waals surface area (Å²) in [5, 5.41) is 18.8. The Balaban J connectivity index is 2.17. The molecule has 2 aromatic rings. The Morgan fingerprint density at radius 2 is 2.09 bits per heavy atom. The predicted octanol–water partition coefficient (Wildman–Crippen LogP) is 3.67. The molecule has 0 aliphatic heterocycles. The molecule has 0 heterocycles. The lowest BCUT2D eigenvalue weighted by Crippen LogP contribution is -2.07. The van der Waals surface area contributed by atoms with Gasteiger partial charge in [0, 0.05) is 5.56 Å². The molecule has 2 aromatic carbocycles. The molecule has 6 heteroatoms. The van der Waals surface area contributed by atoms with Gasteiger partial charge in [-0.1, -0.05) is 29.8 Å². The minimum atomic E-state index is -0.624. The van der Waals surface area contributed by atoms with E-state index >= 15 is 0 Å². The molecule has 0 saturated carbocycles. The molecule has 0 spiro atoms. The van der Waals surface area contributed by atoms with Gasteiger partial charge in [0.05, 0.1) is 28.8 Å². The smallest absolute Gasteiger partial charge is 0.338 e. The van der Waals surface area contributed by atoms with Gasteiger partial charge in [-0.15, -0.1) is 0 Å². The third kappa shape index (κ3) is 3.93. The average Bonchev–Trinajstić information content (AvgIpc) is 2.57. The van der Waals surface area contributed by atoms with Crippen LogP contribution in [-0.2, 0) is 11.3 Å². The van der Waals surface area contributed by atoms with Crippen LogP contribution in [0.4, 0.5) is 0 Å². The van der Waals surface area contributed by atoms with Gasteiger partial charge >= 0.3 is 5.97 Å². The van der Waals surface area contributed by atoms with Gasteiger partial charge in [-0.3, -0.25) is 0 Å². The van der Waals surface area contributed by atoms with Gasteiger partial charge in [-0.05, 0) is 25.1 Å². The second-order valence-electron chi connectivity index (χ2n) is 4.58. The van der Waals surface area contributed by atoms with Gasteiger partial charge in [0.2, 0.25) is 0 Å². The molecule has 0 unspecified atom stereocenters. The molecule has 118 valence electrons. The number of aromatic hydroxyl groups is 1. The molecule has 2 rings (SSSR count). The zero-order valence-electron chi connectivity index (χ0n) is 12.4. The van der Waals surface area contributed by atoms with Gasteiger partial charge in [-0.25, -0.2) is 4.79 Å². The molecule has 5 nitrogen and oxygen atoms in total. The van der Waals surface area contributed by atoms with Crippen molar-refractivity contribution in [2.75, 3.05) is 6.61 Å². The molecule has 0 aliphatic carbocycles. The monoisotopic (exact) mass is 331 g/mol. The maximum Gasteiger partial charge on any atom is 0.338 e. The van der Waals surface area contributed by atoms with Gasteiger partial charge in [-0.2, -0.15) is 5.26 Å². The number of phenols is 1. The zero-order valence-corrected chi connectivity index (χ0v) is 13.1. The minimum absolute atomic E-state index is 0.000301. The fraction of sp³-hybridized carbons (Fsp3) is 0.176. The van der Waals surface area contributed by atoms with Crippen LogP contribution in [0.15, 0.2) is 36.4 Å². The van der Waals surface area contributed by atoms with E-state index in [4.69, 9.17) is 26.3 Å². The molecule has 0 atom stereocenters. The largest absolute Gasteiger partial charge is 0.503 e. The summed E-state index contributed by atoms with van der Waals surface area (Å²) < 4.78 is 10.4. The molecule has 23 heavy (non-hydrogen) atoms. The van der Waals surface area contributed by atoms with Crippen LogP contribution >= 0.6 is 11.6 Å². The highest BCUT2D eigenvalue weighted by molar-refractivity contribution is 6.32. The summed E-state index contributed by atoms with van der Waals surface area (Å²) in [6.07, 6.45) is 0. The minimum Gasteiger partial charge on any atom is -0.503 e. The van der Waals surface area contributed by atoms with Crippen LogP contribution in [0, 0.1) is 11.3 Å². The van der Waals surface area contributed by atoms with Crippen LogP contribution in [0.2, 0.25) is 5.02 Å². The lowest BCUT2D eigenvalue weighted by atomic mass is 10.1. The van der Waals surface area contributed by atoms with Crippen LogP contribution in [0.5, 0.6) is 11.5 Å². The van der Waals surface area contributed by atoms with Crippen LogP contribution in [0.1, 0.15) is 28.4 Å². The normalized spacial score (nSPS) is 9.96. The Hall–Kier alpha value is -2.71. The summed E-state index contributed by atoms with van der Waals surface area (Å²) in [5.74, 6) is -0.732. The Labute approximate surface area is 138 Å². The lowest BCUT2D eigenvalue weighted by molar-refractivity contribution is 0.0472. The van der Waals surface area contributed by atoms with Gasteiger partial charge < -0.3 is 14.6 Å². The zero-order chi connectivity index (χ0) is 16.8. The van der Waals surface area contributed by atoms with Crippen molar-refractivity contribution in [3.63, 3.8) is 0 Å². The van der Waals surface area contributed by atoms with E-state index < -0.39 is 5.97 Å². The third-order valence-electron chi connectivity index (χ3n) is 3.06. The number of benzene rings is 2. The van der Waals surface area contributed by atoms with Crippen molar-refractivity contribution in [3.05, 3.63) is 58.1 Å². The number of nitriles is 1. The number of ether oxygens (including phenoxy) is 2. The average molecular weight is 332 g/mol. The number of carbonyl (C=O) groups is 1. The first-order chi connectivity index (χ1) is 11.1. The summed E-state index contributed by atoms with van der Waals surface area (Å²) in [7, 11) is 0. The molecule has 0 bridgehead atoms. The van der Waals surface area contributed by atoms with Crippen LogP contribution in [0.25, 0.3) is 0 Å². The Kier molecular flexibility index (Phi) is 5.45. The molecular weight excluding hydrogens is 318 g/mol. The van der Waals surface area contributed by atoms with Crippen molar-refractivity contribution in [2.24, 2.45) is 0 Å². The summed E-state index contributed by atoms with van der Waals surface area (Å²) in [4.78, 5) is 12.1. The maximum absolute atomic E-state index is 12.1. The van der Waals surface area contributed by atoms with Crippen molar-refractivity contribution in [3.8, 4) is 17.6 Å². The Morgan fingerprint density at radius 3 is 2.78 bits per heavy atom. The van der Waals surface area contributed by atoms with E-state index in [2.05, 4.69) is 0 Å². The van der Waals surface area contributed by atoms with E-state index in [0.29, 0.717) is 17.7 Å². The third-order valence-corrected chi connectivity index (χ3v) is 3.35. The Morgan fingerprint density at radius 1 is 1.35 bits per heavy atom. The van der Waals surface area contributed by atoms with Crippen molar-refractivity contribution >= 4 is 17.6 Å². The number of rotatable bonds is 5. The first-order valence-corrected chi connectivity index (χ1v) is 7.25. The summed E-state index contributed by atoms with van der Waals surface area (Å²) >= 11 is 5.88. The van der Waals surface area contributed by atoms with E-state index in [1.54, 1.807) is 31.2 Å². The summed E-state index contributed by atoms with van der Waals surface area (Å²) in [6.45, 7) is 2.03. The highest BCUT2D eigenvalue weighted by Gasteiger charge is 2.16. The number of esters is 1. The molecule has 0 fully saturated rings. The number of hydrogen-bond donors (Lipinski definition) is 1. The van der Waals surface area contributed by atoms with Crippen molar-refractivity contribution in [1.29, 1.82) is 5.26 Å². The van der Waals surface area contributed by atoms with E-state index in [1.165, 1.54) is 12.1 Å². The Bertz CT molecular complexity index is 768.